The summed E-state index contributed by atoms with van der Waals surface area (Å²) in [5, 5.41) is 0. The lowest BCUT2D eigenvalue weighted by Crippen LogP contribution is -2.30. The highest BCUT2D eigenvalue weighted by Gasteiger charge is 2.19. The minimum atomic E-state index is -0.822. The van der Waals surface area contributed by atoms with Crippen molar-refractivity contribution in [1.82, 2.24) is 0 Å². The number of ether oxygens (including phenoxy) is 3. The van der Waals surface area contributed by atoms with Gasteiger partial charge in [0, 0.05) is 19.3 Å². The lowest BCUT2D eigenvalue weighted by molar-refractivity contribution is -0.167. The zero-order chi connectivity index (χ0) is 47.2. The topological polar surface area (TPSA) is 78.9 Å². The summed E-state index contributed by atoms with van der Waals surface area (Å²) >= 11 is 0. The number of rotatable bonds is 44. The van der Waals surface area contributed by atoms with E-state index in [4.69, 9.17) is 14.2 Å². The Kier molecular flexibility index (Phi) is 48.6. The van der Waals surface area contributed by atoms with Gasteiger partial charge in [0.15, 0.2) is 6.10 Å². The van der Waals surface area contributed by atoms with E-state index in [1.54, 1.807) is 0 Å². The average molecular weight is 897 g/mol. The lowest BCUT2D eigenvalue weighted by Gasteiger charge is -2.18. The summed E-state index contributed by atoms with van der Waals surface area (Å²) < 4.78 is 16.7. The third-order valence-corrected chi connectivity index (χ3v) is 10.4. The largest absolute Gasteiger partial charge is 0.462 e. The molecule has 0 rings (SSSR count). The average Bonchev–Trinajstić information content (AvgIpc) is 3.30. The summed E-state index contributed by atoms with van der Waals surface area (Å²) in [5.74, 6) is -1.01. The van der Waals surface area contributed by atoms with Gasteiger partial charge in [0.25, 0.3) is 0 Å². The van der Waals surface area contributed by atoms with Crippen molar-refractivity contribution < 1.29 is 28.6 Å². The smallest absolute Gasteiger partial charge is 0.306 e. The quantitative estimate of drug-likeness (QED) is 0.0262. The standard InChI is InChI=1S/C59H92O6/c1-4-7-10-13-16-19-22-25-28-29-32-34-37-40-43-46-49-52-58(61)64-55-56(65-59(62)53-50-47-44-41-38-35-31-27-24-21-18-15-12-9-6-3)54-63-57(60)51-48-45-42-39-36-33-30-26-23-20-17-14-11-8-5-2/h7,9-10,12-13,15-16,18-19,21-22,24-25,27-29,31-32,34-35,37-38,56H,4-6,8,11,14,17,20,23,26,30,33,36,39-55H2,1-3H3/b10-7-,12-9-,16-13-,18-15-,22-19-,24-21-,28-25-,31-27-,32-29+,37-34-,38-35-. The van der Waals surface area contributed by atoms with Crippen LogP contribution in [0.25, 0.3) is 0 Å². The molecule has 0 saturated carbocycles. The highest BCUT2D eigenvalue weighted by atomic mass is 16.6. The zero-order valence-electron chi connectivity index (χ0n) is 41.4. The van der Waals surface area contributed by atoms with Crippen molar-refractivity contribution in [2.75, 3.05) is 13.2 Å². The van der Waals surface area contributed by atoms with Gasteiger partial charge in [-0.15, -0.1) is 0 Å². The molecule has 0 N–H and O–H groups in total. The number of esters is 3. The van der Waals surface area contributed by atoms with Gasteiger partial charge >= 0.3 is 17.9 Å². The third kappa shape index (κ3) is 50.4. The van der Waals surface area contributed by atoms with E-state index in [-0.39, 0.29) is 37.5 Å². The molecule has 0 aromatic carbocycles. The number of carbonyl (C=O) groups excluding carboxylic acids is 3. The first-order valence-electron chi connectivity index (χ1n) is 25.8. The molecule has 0 radical (unpaired) electrons. The summed E-state index contributed by atoms with van der Waals surface area (Å²) in [5.41, 5.74) is 0. The maximum atomic E-state index is 12.8. The Labute approximate surface area is 398 Å². The van der Waals surface area contributed by atoms with Crippen LogP contribution in [0.3, 0.4) is 0 Å². The van der Waals surface area contributed by atoms with Gasteiger partial charge in [-0.1, -0.05) is 257 Å². The van der Waals surface area contributed by atoms with Gasteiger partial charge in [0.05, 0.1) is 0 Å². The Morgan fingerprint density at radius 2 is 0.600 bits per heavy atom. The van der Waals surface area contributed by atoms with Crippen LogP contribution >= 0.6 is 0 Å². The van der Waals surface area contributed by atoms with Crippen LogP contribution in [0.1, 0.15) is 201 Å². The van der Waals surface area contributed by atoms with Crippen molar-refractivity contribution in [2.24, 2.45) is 0 Å². The van der Waals surface area contributed by atoms with Crippen molar-refractivity contribution in [3.05, 3.63) is 134 Å². The molecule has 1 unspecified atom stereocenters. The van der Waals surface area contributed by atoms with Gasteiger partial charge in [0.1, 0.15) is 13.2 Å². The summed E-state index contributed by atoms with van der Waals surface area (Å²) in [6, 6.07) is 0. The highest BCUT2D eigenvalue weighted by molar-refractivity contribution is 5.71. The highest BCUT2D eigenvalue weighted by Crippen LogP contribution is 2.15. The maximum Gasteiger partial charge on any atom is 0.306 e. The normalized spacial score (nSPS) is 13.2. The first-order valence-corrected chi connectivity index (χ1v) is 25.8. The number of carbonyl (C=O) groups is 3. The number of hydrogen-bond acceptors (Lipinski definition) is 6. The van der Waals surface area contributed by atoms with Crippen LogP contribution in [0.5, 0.6) is 0 Å². The van der Waals surface area contributed by atoms with Crippen molar-refractivity contribution in [3.8, 4) is 0 Å². The molecule has 0 saturated heterocycles. The molecule has 0 spiro atoms. The summed E-state index contributed by atoms with van der Waals surface area (Å²) in [6.45, 7) is 6.26. The van der Waals surface area contributed by atoms with E-state index >= 15 is 0 Å². The van der Waals surface area contributed by atoms with Crippen LogP contribution < -0.4 is 0 Å². The van der Waals surface area contributed by atoms with E-state index in [1.165, 1.54) is 77.0 Å². The van der Waals surface area contributed by atoms with Gasteiger partial charge in [-0.05, 0) is 57.8 Å². The summed E-state index contributed by atoms with van der Waals surface area (Å²) in [4.78, 5) is 38.0. The maximum absolute atomic E-state index is 12.8. The van der Waals surface area contributed by atoms with E-state index in [1.807, 2.05) is 109 Å². The molecule has 6 nitrogen and oxygen atoms in total. The van der Waals surface area contributed by atoms with Crippen molar-refractivity contribution >= 4 is 17.9 Å². The molecule has 0 amide bonds. The zero-order valence-corrected chi connectivity index (χ0v) is 41.4. The Hall–Kier alpha value is -4.45. The molecule has 65 heavy (non-hydrogen) atoms. The molecule has 0 aromatic heterocycles. The van der Waals surface area contributed by atoms with E-state index in [9.17, 15) is 14.4 Å². The Morgan fingerprint density at radius 3 is 0.938 bits per heavy atom. The minimum absolute atomic E-state index is 0.113. The van der Waals surface area contributed by atoms with Crippen LogP contribution in [-0.2, 0) is 28.6 Å². The first kappa shape index (κ1) is 60.6. The van der Waals surface area contributed by atoms with Crippen LogP contribution in [-0.4, -0.2) is 37.2 Å². The van der Waals surface area contributed by atoms with Gasteiger partial charge in [-0.3, -0.25) is 14.4 Å². The molecule has 0 aliphatic carbocycles. The molecular weight excluding hydrogens is 805 g/mol. The minimum Gasteiger partial charge on any atom is -0.462 e. The van der Waals surface area contributed by atoms with Crippen molar-refractivity contribution in [2.45, 2.75) is 207 Å². The molecule has 1 atom stereocenters. The van der Waals surface area contributed by atoms with Crippen LogP contribution in [0.4, 0.5) is 0 Å². The molecule has 0 fully saturated rings. The second-order valence-electron chi connectivity index (χ2n) is 16.6. The predicted molar refractivity (Wildman–Crippen MR) is 279 cm³/mol. The molecule has 0 aliphatic heterocycles. The van der Waals surface area contributed by atoms with Gasteiger partial charge in [-0.25, -0.2) is 0 Å². The van der Waals surface area contributed by atoms with Gasteiger partial charge in [0.2, 0.25) is 0 Å². The second-order valence-corrected chi connectivity index (χ2v) is 16.6. The van der Waals surface area contributed by atoms with E-state index in [0.29, 0.717) is 19.3 Å². The Bertz CT molecular complexity index is 1450. The van der Waals surface area contributed by atoms with Crippen LogP contribution in [0, 0.1) is 0 Å². The number of hydrogen-bond donors (Lipinski definition) is 0. The molecule has 0 bridgehead atoms. The fourth-order valence-electron chi connectivity index (χ4n) is 6.61. The Morgan fingerprint density at radius 1 is 0.323 bits per heavy atom. The number of unbranched alkanes of at least 4 members (excludes halogenated alkanes) is 20. The fourth-order valence-corrected chi connectivity index (χ4v) is 6.61. The molecule has 0 aliphatic rings. The Balaban J connectivity index is 4.57. The van der Waals surface area contributed by atoms with E-state index < -0.39 is 6.10 Å². The molecule has 6 heteroatoms. The van der Waals surface area contributed by atoms with E-state index in [2.05, 4.69) is 45.1 Å². The molecule has 0 aromatic rings. The molecule has 364 valence electrons. The molecular formula is C59H92O6. The predicted octanol–water partition coefficient (Wildman–Crippen LogP) is 17.1. The van der Waals surface area contributed by atoms with Gasteiger partial charge < -0.3 is 14.2 Å². The van der Waals surface area contributed by atoms with Crippen molar-refractivity contribution in [1.29, 1.82) is 0 Å². The first-order chi connectivity index (χ1) is 32.0. The van der Waals surface area contributed by atoms with Crippen LogP contribution in [0.2, 0.25) is 0 Å². The van der Waals surface area contributed by atoms with E-state index in [0.717, 1.165) is 77.0 Å². The summed E-state index contributed by atoms with van der Waals surface area (Å²) in [6.07, 6.45) is 72.8. The van der Waals surface area contributed by atoms with Gasteiger partial charge in [-0.2, -0.15) is 0 Å². The SMILES string of the molecule is CC\C=C/C=C\C=C/C=C\C=C/CCCCCC(=O)OC(COC(=O)CCCCC\C=C/C=C/C=C\C=C/C=C\C=C/CC)COC(=O)CCCCCCCCCCCCCCCCC. The number of allylic oxidation sites excluding steroid dienone is 22. The third-order valence-electron chi connectivity index (χ3n) is 10.4. The lowest BCUT2D eigenvalue weighted by atomic mass is 10.0. The van der Waals surface area contributed by atoms with Crippen molar-refractivity contribution in [3.63, 3.8) is 0 Å². The van der Waals surface area contributed by atoms with Crippen LogP contribution in [0.15, 0.2) is 134 Å². The fraction of sp³-hybridized carbons (Fsp3) is 0.576. The molecule has 0 heterocycles. The second kappa shape index (κ2) is 52.2. The summed E-state index contributed by atoms with van der Waals surface area (Å²) in [7, 11) is 0. The monoisotopic (exact) mass is 897 g/mol.